The predicted molar refractivity (Wildman–Crippen MR) is 85.8 cm³/mol. The Balaban J connectivity index is 1.79. The van der Waals surface area contributed by atoms with E-state index < -0.39 is 34.5 Å². The number of hydrogen-bond donors (Lipinski definition) is 0. The van der Waals surface area contributed by atoms with Crippen molar-refractivity contribution in [2.75, 3.05) is 13.1 Å². The standard InChI is InChI=1S/C15H21BFNO4S/c1-14(2)15(3,4)22-16(21-14)11-5-7-13(8-6-11)23(19,20)18-9-12(17)10-18/h5-8,12H,9-10H2,1-4H3. The van der Waals surface area contributed by atoms with Gasteiger partial charge in [-0.2, -0.15) is 4.31 Å². The van der Waals surface area contributed by atoms with Crippen molar-refractivity contribution in [1.82, 2.24) is 4.31 Å². The lowest BCUT2D eigenvalue weighted by atomic mass is 9.79. The first-order chi connectivity index (χ1) is 10.5. The fourth-order valence-electron chi connectivity index (χ4n) is 2.51. The molecule has 0 radical (unpaired) electrons. The Labute approximate surface area is 137 Å². The third kappa shape index (κ3) is 2.82. The minimum absolute atomic E-state index is 0.0681. The van der Waals surface area contributed by atoms with Gasteiger partial charge >= 0.3 is 7.12 Å². The first-order valence-corrected chi connectivity index (χ1v) is 9.07. The van der Waals surface area contributed by atoms with Crippen molar-refractivity contribution in [3.8, 4) is 0 Å². The Morgan fingerprint density at radius 2 is 1.57 bits per heavy atom. The van der Waals surface area contributed by atoms with Gasteiger partial charge < -0.3 is 9.31 Å². The minimum atomic E-state index is -3.61. The highest BCUT2D eigenvalue weighted by molar-refractivity contribution is 7.89. The number of rotatable bonds is 3. The average molecular weight is 341 g/mol. The lowest BCUT2D eigenvalue weighted by Crippen LogP contribution is -2.51. The molecule has 2 aliphatic heterocycles. The van der Waals surface area contributed by atoms with Crippen LogP contribution in [0.1, 0.15) is 27.7 Å². The van der Waals surface area contributed by atoms with E-state index in [2.05, 4.69) is 0 Å². The summed E-state index contributed by atoms with van der Waals surface area (Å²) < 4.78 is 50.5. The highest BCUT2D eigenvalue weighted by Crippen LogP contribution is 2.36. The topological polar surface area (TPSA) is 55.8 Å². The molecule has 2 heterocycles. The van der Waals surface area contributed by atoms with E-state index in [1.54, 1.807) is 12.1 Å². The van der Waals surface area contributed by atoms with Crippen molar-refractivity contribution in [3.63, 3.8) is 0 Å². The van der Waals surface area contributed by atoms with Gasteiger partial charge in [-0.3, -0.25) is 0 Å². The van der Waals surface area contributed by atoms with E-state index >= 15 is 0 Å². The molecule has 0 N–H and O–H groups in total. The molecule has 23 heavy (non-hydrogen) atoms. The fourth-order valence-corrected chi connectivity index (χ4v) is 4.00. The van der Waals surface area contributed by atoms with Crippen LogP contribution < -0.4 is 5.46 Å². The second-order valence-corrected chi connectivity index (χ2v) is 9.01. The van der Waals surface area contributed by atoms with E-state index in [1.807, 2.05) is 27.7 Å². The van der Waals surface area contributed by atoms with Crippen LogP contribution in [0.15, 0.2) is 29.2 Å². The summed E-state index contributed by atoms with van der Waals surface area (Å²) in [5.41, 5.74) is -0.138. The average Bonchev–Trinajstić information content (AvgIpc) is 2.64. The molecule has 0 unspecified atom stereocenters. The molecule has 1 aromatic rings. The van der Waals surface area contributed by atoms with Gasteiger partial charge in [0.2, 0.25) is 10.0 Å². The summed E-state index contributed by atoms with van der Waals surface area (Å²) in [6, 6.07) is 6.39. The number of benzene rings is 1. The summed E-state index contributed by atoms with van der Waals surface area (Å²) in [5, 5.41) is 0. The second-order valence-electron chi connectivity index (χ2n) is 7.08. The van der Waals surface area contributed by atoms with Gasteiger partial charge in [0.05, 0.1) is 16.1 Å². The molecule has 0 aromatic heterocycles. The molecule has 126 valence electrons. The molecular weight excluding hydrogens is 320 g/mol. The van der Waals surface area contributed by atoms with Crippen molar-refractivity contribution in [2.24, 2.45) is 0 Å². The molecule has 8 heteroatoms. The van der Waals surface area contributed by atoms with Crippen LogP contribution in [0.4, 0.5) is 4.39 Å². The third-order valence-electron chi connectivity index (χ3n) is 4.85. The first-order valence-electron chi connectivity index (χ1n) is 7.63. The number of sulfonamides is 1. The van der Waals surface area contributed by atoms with Crippen molar-refractivity contribution in [2.45, 2.75) is 50.0 Å². The molecule has 0 atom stereocenters. The van der Waals surface area contributed by atoms with Gasteiger partial charge in [0, 0.05) is 13.1 Å². The molecular formula is C15H21BFNO4S. The van der Waals surface area contributed by atoms with Gasteiger partial charge in [-0.05, 0) is 45.3 Å². The maximum atomic E-state index is 12.9. The summed E-state index contributed by atoms with van der Waals surface area (Å²) in [6.07, 6.45) is -1.06. The number of hydrogen-bond acceptors (Lipinski definition) is 4. The molecule has 5 nitrogen and oxygen atoms in total. The third-order valence-corrected chi connectivity index (χ3v) is 6.69. The molecule has 0 saturated carbocycles. The number of nitrogens with zero attached hydrogens (tertiary/aromatic N) is 1. The van der Waals surface area contributed by atoms with E-state index in [1.165, 1.54) is 12.1 Å². The van der Waals surface area contributed by atoms with Gasteiger partial charge in [-0.15, -0.1) is 0 Å². The van der Waals surface area contributed by atoms with Crippen LogP contribution in [-0.4, -0.2) is 50.3 Å². The van der Waals surface area contributed by atoms with Crippen LogP contribution in [-0.2, 0) is 19.3 Å². The lowest BCUT2D eigenvalue weighted by molar-refractivity contribution is 0.00578. The summed E-state index contributed by atoms with van der Waals surface area (Å²) in [5.74, 6) is 0. The summed E-state index contributed by atoms with van der Waals surface area (Å²) in [4.78, 5) is 0.157. The van der Waals surface area contributed by atoms with Gasteiger partial charge in [-0.25, -0.2) is 12.8 Å². The van der Waals surface area contributed by atoms with E-state index in [-0.39, 0.29) is 18.0 Å². The molecule has 1 aromatic carbocycles. The van der Waals surface area contributed by atoms with Crippen LogP contribution in [0.3, 0.4) is 0 Å². The van der Waals surface area contributed by atoms with E-state index in [0.717, 1.165) is 9.77 Å². The molecule has 0 spiro atoms. The van der Waals surface area contributed by atoms with E-state index in [9.17, 15) is 12.8 Å². The second kappa shape index (κ2) is 5.27. The molecule has 3 rings (SSSR count). The summed E-state index contributed by atoms with van der Waals surface area (Å²) in [6.45, 7) is 7.71. The minimum Gasteiger partial charge on any atom is -0.399 e. The Kier molecular flexibility index (Phi) is 3.87. The van der Waals surface area contributed by atoms with Crippen LogP contribution in [0.2, 0.25) is 0 Å². The van der Waals surface area contributed by atoms with Crippen LogP contribution in [0, 0.1) is 0 Å². The largest absolute Gasteiger partial charge is 0.494 e. The quantitative estimate of drug-likeness (QED) is 0.779. The van der Waals surface area contributed by atoms with Crippen molar-refractivity contribution < 1.29 is 22.1 Å². The Hall–Kier alpha value is -0.955. The molecule has 0 aliphatic carbocycles. The van der Waals surface area contributed by atoms with E-state index in [0.29, 0.717) is 0 Å². The van der Waals surface area contributed by atoms with Crippen LogP contribution in [0.25, 0.3) is 0 Å². The van der Waals surface area contributed by atoms with Gasteiger partial charge in [0.15, 0.2) is 0 Å². The Bertz CT molecular complexity index is 683. The lowest BCUT2D eigenvalue weighted by Gasteiger charge is -2.33. The predicted octanol–water partition coefficient (Wildman–Crippen LogP) is 1.33. The Morgan fingerprint density at radius 1 is 1.09 bits per heavy atom. The maximum Gasteiger partial charge on any atom is 0.494 e. The van der Waals surface area contributed by atoms with Crippen LogP contribution >= 0.6 is 0 Å². The molecule has 2 saturated heterocycles. The fraction of sp³-hybridized carbons (Fsp3) is 0.600. The zero-order valence-corrected chi connectivity index (χ0v) is 14.6. The zero-order valence-electron chi connectivity index (χ0n) is 13.7. The Morgan fingerprint density at radius 3 is 2.00 bits per heavy atom. The summed E-state index contributed by atoms with van der Waals surface area (Å²) in [7, 11) is -4.14. The highest BCUT2D eigenvalue weighted by Gasteiger charge is 2.51. The van der Waals surface area contributed by atoms with Crippen molar-refractivity contribution in [1.29, 1.82) is 0 Å². The van der Waals surface area contributed by atoms with Crippen molar-refractivity contribution in [3.05, 3.63) is 24.3 Å². The molecule has 0 amide bonds. The monoisotopic (exact) mass is 341 g/mol. The normalized spacial score (nSPS) is 24.7. The van der Waals surface area contributed by atoms with Crippen LogP contribution in [0.5, 0.6) is 0 Å². The first kappa shape index (κ1) is 16.9. The van der Waals surface area contributed by atoms with Gasteiger partial charge in [-0.1, -0.05) is 12.1 Å². The number of halogens is 1. The SMILES string of the molecule is CC1(C)OB(c2ccc(S(=O)(=O)N3CC(F)C3)cc2)OC1(C)C. The zero-order chi connectivity index (χ0) is 17.0. The highest BCUT2D eigenvalue weighted by atomic mass is 32.2. The van der Waals surface area contributed by atoms with E-state index in [4.69, 9.17) is 9.31 Å². The molecule has 2 aliphatic rings. The van der Waals surface area contributed by atoms with Gasteiger partial charge in [0.1, 0.15) is 6.17 Å². The maximum absolute atomic E-state index is 12.9. The van der Waals surface area contributed by atoms with Gasteiger partial charge in [0.25, 0.3) is 0 Å². The van der Waals surface area contributed by atoms with Crippen molar-refractivity contribution >= 4 is 22.6 Å². The molecule has 2 fully saturated rings. The number of alkyl halides is 1. The molecule has 0 bridgehead atoms. The summed E-state index contributed by atoms with van der Waals surface area (Å²) >= 11 is 0. The smallest absolute Gasteiger partial charge is 0.399 e.